The van der Waals surface area contributed by atoms with E-state index >= 15 is 0 Å². The van der Waals surface area contributed by atoms with Crippen LogP contribution in [0, 0.1) is 0 Å². The van der Waals surface area contributed by atoms with Gasteiger partial charge in [-0.1, -0.05) is 0 Å². The van der Waals surface area contributed by atoms with Crippen LogP contribution in [0.5, 0.6) is 0 Å². The predicted molar refractivity (Wildman–Crippen MR) is 84.9 cm³/mol. The Labute approximate surface area is 127 Å². The van der Waals surface area contributed by atoms with E-state index in [1.165, 1.54) is 0 Å². The lowest BCUT2D eigenvalue weighted by Crippen LogP contribution is -2.46. The van der Waals surface area contributed by atoms with Crippen LogP contribution in [0.15, 0.2) is 22.8 Å². The molecular formula is C14H26O4SSi. The summed E-state index contributed by atoms with van der Waals surface area (Å²) in [5.41, 5.74) is 0. The number of hydrogen-bond acceptors (Lipinski definition) is 5. The number of thioether (sulfide) groups is 1. The highest BCUT2D eigenvalue weighted by Gasteiger charge is 2.39. The maximum atomic E-state index is 5.83. The highest BCUT2D eigenvalue weighted by Crippen LogP contribution is 2.21. The van der Waals surface area contributed by atoms with Gasteiger partial charge in [0.15, 0.2) is 0 Å². The van der Waals surface area contributed by atoms with Crippen molar-refractivity contribution in [1.29, 1.82) is 0 Å². The van der Waals surface area contributed by atoms with Gasteiger partial charge in [0, 0.05) is 25.9 Å². The molecule has 0 saturated carbocycles. The fourth-order valence-corrected chi connectivity index (χ4v) is 5.69. The maximum Gasteiger partial charge on any atom is 0.500 e. The summed E-state index contributed by atoms with van der Waals surface area (Å²) >= 11 is 1.87. The van der Waals surface area contributed by atoms with Crippen molar-refractivity contribution in [3.8, 4) is 0 Å². The first-order valence-corrected chi connectivity index (χ1v) is 10.4. The summed E-state index contributed by atoms with van der Waals surface area (Å²) in [6.45, 7) is 7.91. The van der Waals surface area contributed by atoms with Gasteiger partial charge in [-0.2, -0.15) is 11.8 Å². The molecule has 0 aromatic carbocycles. The third-order valence-electron chi connectivity index (χ3n) is 2.69. The Bertz CT molecular complexity index is 315. The molecule has 4 nitrogen and oxygen atoms in total. The SMILES string of the molecule is CCO[Si](CCCSCc1ccco1)(OCC)OCC. The van der Waals surface area contributed by atoms with Gasteiger partial charge in [-0.25, -0.2) is 0 Å². The first-order valence-electron chi connectivity index (χ1n) is 7.28. The minimum atomic E-state index is -2.45. The van der Waals surface area contributed by atoms with Gasteiger partial charge in [0.2, 0.25) is 0 Å². The second-order valence-electron chi connectivity index (χ2n) is 4.22. The number of furan rings is 1. The summed E-state index contributed by atoms with van der Waals surface area (Å²) in [5.74, 6) is 3.00. The molecule has 0 N–H and O–H groups in total. The smallest absolute Gasteiger partial charge is 0.468 e. The lowest BCUT2D eigenvalue weighted by molar-refractivity contribution is 0.0712. The molecule has 0 aliphatic heterocycles. The van der Waals surface area contributed by atoms with Crippen molar-refractivity contribution in [2.45, 2.75) is 39.0 Å². The van der Waals surface area contributed by atoms with Crippen LogP contribution in [-0.4, -0.2) is 34.4 Å². The van der Waals surface area contributed by atoms with Crippen LogP contribution in [-0.2, 0) is 19.0 Å². The summed E-state index contributed by atoms with van der Waals surface area (Å²) in [4.78, 5) is 0. The summed E-state index contributed by atoms with van der Waals surface area (Å²) in [6, 6.07) is 4.81. The predicted octanol–water partition coefficient (Wildman–Crippen LogP) is 3.95. The Kier molecular flexibility index (Phi) is 9.29. The summed E-state index contributed by atoms with van der Waals surface area (Å²) in [5, 5.41) is 0. The highest BCUT2D eigenvalue weighted by atomic mass is 32.2. The van der Waals surface area contributed by atoms with Gasteiger partial charge in [-0.3, -0.25) is 0 Å². The molecule has 1 aromatic heterocycles. The Hall–Kier alpha value is -0.273. The zero-order chi connectivity index (χ0) is 14.7. The summed E-state index contributed by atoms with van der Waals surface area (Å²) in [6.07, 6.45) is 2.75. The number of hydrogen-bond donors (Lipinski definition) is 0. The molecule has 0 spiro atoms. The topological polar surface area (TPSA) is 40.8 Å². The highest BCUT2D eigenvalue weighted by molar-refractivity contribution is 7.98. The van der Waals surface area contributed by atoms with Crippen molar-refractivity contribution in [2.75, 3.05) is 25.6 Å². The standard InChI is InChI=1S/C14H26O4SSi/c1-4-16-20(17-5-2,18-6-3)12-8-11-19-13-14-9-7-10-15-14/h7,9-10H,4-6,8,11-13H2,1-3H3. The van der Waals surface area contributed by atoms with Crippen LogP contribution >= 0.6 is 11.8 Å². The van der Waals surface area contributed by atoms with Gasteiger partial charge in [0.25, 0.3) is 0 Å². The zero-order valence-electron chi connectivity index (χ0n) is 12.7. The van der Waals surface area contributed by atoms with Gasteiger partial charge in [0.05, 0.1) is 12.0 Å². The Morgan fingerprint density at radius 2 is 1.75 bits per heavy atom. The fraction of sp³-hybridized carbons (Fsp3) is 0.714. The van der Waals surface area contributed by atoms with Gasteiger partial charge in [-0.15, -0.1) is 0 Å². The van der Waals surface area contributed by atoms with Crippen LogP contribution in [0.1, 0.15) is 33.0 Å². The van der Waals surface area contributed by atoms with Crippen LogP contribution in [0.25, 0.3) is 0 Å². The molecule has 0 aliphatic rings. The van der Waals surface area contributed by atoms with Gasteiger partial charge >= 0.3 is 8.80 Å². The third kappa shape index (κ3) is 6.45. The average molecular weight is 319 g/mol. The van der Waals surface area contributed by atoms with Crippen molar-refractivity contribution in [1.82, 2.24) is 0 Å². The molecule has 1 aromatic rings. The normalized spacial score (nSPS) is 11.9. The Morgan fingerprint density at radius 3 is 2.25 bits per heavy atom. The summed E-state index contributed by atoms with van der Waals surface area (Å²) in [7, 11) is -2.45. The molecule has 0 atom stereocenters. The van der Waals surface area contributed by atoms with Crippen molar-refractivity contribution < 1.29 is 17.7 Å². The van der Waals surface area contributed by atoms with E-state index in [9.17, 15) is 0 Å². The minimum absolute atomic E-state index is 0.645. The molecule has 20 heavy (non-hydrogen) atoms. The van der Waals surface area contributed by atoms with E-state index in [4.69, 9.17) is 17.7 Å². The molecule has 0 unspecified atom stereocenters. The average Bonchev–Trinajstić information content (AvgIpc) is 2.92. The molecule has 0 saturated heterocycles. The van der Waals surface area contributed by atoms with Crippen LogP contribution in [0.2, 0.25) is 6.04 Å². The lowest BCUT2D eigenvalue weighted by Gasteiger charge is -2.28. The molecule has 0 amide bonds. The molecule has 0 fully saturated rings. The second-order valence-corrected chi connectivity index (χ2v) is 8.05. The molecular weight excluding hydrogens is 292 g/mol. The van der Waals surface area contributed by atoms with Gasteiger partial charge < -0.3 is 17.7 Å². The first-order chi connectivity index (χ1) is 9.76. The lowest BCUT2D eigenvalue weighted by atomic mass is 10.5. The van der Waals surface area contributed by atoms with E-state index < -0.39 is 8.80 Å². The third-order valence-corrected chi connectivity index (χ3v) is 6.91. The quantitative estimate of drug-likeness (QED) is 0.431. The molecule has 0 radical (unpaired) electrons. The second kappa shape index (κ2) is 10.5. The van der Waals surface area contributed by atoms with Gasteiger partial charge in [-0.05, 0) is 45.1 Å². The van der Waals surface area contributed by atoms with Crippen LogP contribution < -0.4 is 0 Å². The van der Waals surface area contributed by atoms with E-state index in [0.717, 1.165) is 29.7 Å². The maximum absolute atomic E-state index is 5.83. The van der Waals surface area contributed by atoms with E-state index in [1.54, 1.807) is 6.26 Å². The number of rotatable bonds is 12. The largest absolute Gasteiger partial charge is 0.500 e. The van der Waals surface area contributed by atoms with E-state index in [2.05, 4.69) is 0 Å². The van der Waals surface area contributed by atoms with Gasteiger partial charge in [0.1, 0.15) is 5.76 Å². The monoisotopic (exact) mass is 318 g/mol. The molecule has 6 heteroatoms. The fourth-order valence-electron chi connectivity index (χ4n) is 1.96. The van der Waals surface area contributed by atoms with E-state index in [1.807, 2.05) is 44.7 Å². The van der Waals surface area contributed by atoms with E-state index in [-0.39, 0.29) is 0 Å². The zero-order valence-corrected chi connectivity index (χ0v) is 14.5. The van der Waals surface area contributed by atoms with E-state index in [0.29, 0.717) is 19.8 Å². The first kappa shape index (κ1) is 17.8. The molecule has 0 aliphatic carbocycles. The molecule has 1 rings (SSSR count). The van der Waals surface area contributed by atoms with Crippen LogP contribution in [0.4, 0.5) is 0 Å². The minimum Gasteiger partial charge on any atom is -0.468 e. The Balaban J connectivity index is 2.29. The van der Waals surface area contributed by atoms with Crippen molar-refractivity contribution in [3.63, 3.8) is 0 Å². The molecule has 0 bridgehead atoms. The van der Waals surface area contributed by atoms with Crippen molar-refractivity contribution >= 4 is 20.6 Å². The molecule has 1 heterocycles. The van der Waals surface area contributed by atoms with Crippen molar-refractivity contribution in [3.05, 3.63) is 24.2 Å². The Morgan fingerprint density at radius 1 is 1.10 bits per heavy atom. The van der Waals surface area contributed by atoms with Crippen molar-refractivity contribution in [2.24, 2.45) is 0 Å². The van der Waals surface area contributed by atoms with Crippen LogP contribution in [0.3, 0.4) is 0 Å². The summed E-state index contributed by atoms with van der Waals surface area (Å²) < 4.78 is 22.8. The molecule has 116 valence electrons.